The zero-order valence-corrected chi connectivity index (χ0v) is 13.6. The molecule has 3 heterocycles. The molecule has 126 valence electrons. The van der Waals surface area contributed by atoms with Gasteiger partial charge in [0.05, 0.1) is 23.6 Å². The van der Waals surface area contributed by atoms with Crippen LogP contribution in [-0.2, 0) is 13.8 Å². The Bertz CT molecular complexity index is 828. The third-order valence-corrected chi connectivity index (χ3v) is 4.10. The fourth-order valence-corrected chi connectivity index (χ4v) is 3.02. The minimum atomic E-state index is -2.62. The highest BCUT2D eigenvalue weighted by atomic mass is 31.1. The summed E-state index contributed by atoms with van der Waals surface area (Å²) in [6.07, 6.45) is 4.10. The number of aromatic nitrogens is 3. The Morgan fingerprint density at radius 2 is 2.33 bits per heavy atom. The van der Waals surface area contributed by atoms with Gasteiger partial charge >= 0.3 is 8.25 Å². The maximum atomic E-state index is 10.6. The summed E-state index contributed by atoms with van der Waals surface area (Å²) in [4.78, 5) is 17.0. The molecule has 1 saturated heterocycles. The molecule has 1 fully saturated rings. The number of rotatable bonds is 4. The number of hydrogen-bond donors (Lipinski definition) is 3. The molecule has 3 rings (SSSR count). The van der Waals surface area contributed by atoms with E-state index in [4.69, 9.17) is 25.6 Å². The normalized spacial score (nSPS) is 20.8. The number of nitrogen functional groups attached to an aromatic ring is 1. The Hall–Kier alpha value is -2.08. The van der Waals surface area contributed by atoms with Crippen molar-refractivity contribution in [3.63, 3.8) is 0 Å². The molecule has 0 amide bonds. The molecule has 1 aliphatic rings. The van der Waals surface area contributed by atoms with Crippen molar-refractivity contribution in [1.82, 2.24) is 14.5 Å². The molecule has 1 aliphatic heterocycles. The van der Waals surface area contributed by atoms with Crippen LogP contribution in [0, 0.1) is 11.8 Å². The minimum absolute atomic E-state index is 0.0678. The molecule has 0 aromatic carbocycles. The van der Waals surface area contributed by atoms with E-state index in [1.807, 2.05) is 10.8 Å². The summed E-state index contributed by atoms with van der Waals surface area (Å²) >= 11 is 0. The second-order valence-electron chi connectivity index (χ2n) is 5.24. The van der Waals surface area contributed by atoms with E-state index in [9.17, 15) is 4.57 Å². The molecule has 5 N–H and O–H groups in total. The van der Waals surface area contributed by atoms with E-state index in [-0.39, 0.29) is 25.5 Å². The van der Waals surface area contributed by atoms with Gasteiger partial charge in [0, 0.05) is 10.8 Å². The third-order valence-electron chi connectivity index (χ3n) is 3.73. The summed E-state index contributed by atoms with van der Waals surface area (Å²) in [5, 5.41) is 0.667. The monoisotopic (exact) mass is 350 g/mol. The van der Waals surface area contributed by atoms with E-state index >= 15 is 0 Å². The highest BCUT2D eigenvalue weighted by molar-refractivity contribution is 7.32. The van der Waals surface area contributed by atoms with Crippen LogP contribution in [0.25, 0.3) is 11.0 Å². The lowest BCUT2D eigenvalue weighted by molar-refractivity contribution is -0.0160. The van der Waals surface area contributed by atoms with Crippen molar-refractivity contribution in [2.24, 2.45) is 5.73 Å². The van der Waals surface area contributed by atoms with Gasteiger partial charge in [-0.05, 0) is 12.8 Å². The molecule has 0 radical (unpaired) electrons. The van der Waals surface area contributed by atoms with Crippen molar-refractivity contribution in [1.29, 1.82) is 0 Å². The van der Waals surface area contributed by atoms with Crippen LogP contribution in [0.1, 0.15) is 24.6 Å². The summed E-state index contributed by atoms with van der Waals surface area (Å²) in [7, 11) is -2.62. The van der Waals surface area contributed by atoms with Crippen LogP contribution in [0.15, 0.2) is 12.5 Å². The zero-order chi connectivity index (χ0) is 17.1. The summed E-state index contributed by atoms with van der Waals surface area (Å²) < 4.78 is 23.1. The van der Waals surface area contributed by atoms with E-state index < -0.39 is 8.25 Å². The first-order chi connectivity index (χ1) is 11.6. The molecule has 0 aliphatic carbocycles. The van der Waals surface area contributed by atoms with Gasteiger partial charge in [-0.1, -0.05) is 11.8 Å². The molecule has 10 heteroatoms. The van der Waals surface area contributed by atoms with Gasteiger partial charge < -0.3 is 20.8 Å². The second-order valence-corrected chi connectivity index (χ2v) is 5.97. The molecule has 0 saturated carbocycles. The van der Waals surface area contributed by atoms with Crippen molar-refractivity contribution >= 4 is 25.1 Å². The molecule has 1 unspecified atom stereocenters. The number of anilines is 1. The topological polar surface area (TPSA) is 139 Å². The van der Waals surface area contributed by atoms with Gasteiger partial charge in [0.2, 0.25) is 0 Å². The molecule has 9 nitrogen and oxygen atoms in total. The lowest BCUT2D eigenvalue weighted by Gasteiger charge is -2.14. The third kappa shape index (κ3) is 3.38. The SMILES string of the molecule is NCC#Cc1cn([C@H]2CC[C@@H](CO[P+](=O)O)O2)c2ncnc(N)c12. The Labute approximate surface area is 138 Å². The number of fused-ring (bicyclic) bond motifs is 1. The first-order valence-corrected chi connectivity index (χ1v) is 8.47. The molecular formula is C14H17N5O4P+. The lowest BCUT2D eigenvalue weighted by Crippen LogP contribution is -2.15. The number of nitrogens with zero attached hydrogens (tertiary/aromatic N) is 3. The van der Waals surface area contributed by atoms with Crippen molar-refractivity contribution in [3.05, 3.63) is 18.1 Å². The van der Waals surface area contributed by atoms with E-state index in [0.717, 1.165) is 0 Å². The largest absolute Gasteiger partial charge is 0.694 e. The molecule has 24 heavy (non-hydrogen) atoms. The smallest absolute Gasteiger partial charge is 0.383 e. The van der Waals surface area contributed by atoms with E-state index in [1.165, 1.54) is 6.33 Å². The lowest BCUT2D eigenvalue weighted by atomic mass is 10.2. The van der Waals surface area contributed by atoms with Crippen LogP contribution in [0.5, 0.6) is 0 Å². The quantitative estimate of drug-likeness (QED) is 0.540. The highest BCUT2D eigenvalue weighted by Crippen LogP contribution is 2.34. The van der Waals surface area contributed by atoms with Crippen LogP contribution in [0.2, 0.25) is 0 Å². The molecule has 2 aromatic rings. The Morgan fingerprint density at radius 1 is 1.50 bits per heavy atom. The predicted molar refractivity (Wildman–Crippen MR) is 86.8 cm³/mol. The van der Waals surface area contributed by atoms with Gasteiger partial charge in [-0.2, -0.15) is 0 Å². The zero-order valence-electron chi connectivity index (χ0n) is 12.8. The maximum absolute atomic E-state index is 10.6. The summed E-state index contributed by atoms with van der Waals surface area (Å²) in [5.74, 6) is 6.12. The number of ether oxygens (including phenoxy) is 1. The standard InChI is InChI=1S/C14H16N5O4P/c15-5-1-2-9-6-19(14-12(9)13(16)17-8-18-14)11-4-3-10(23-11)7-22-24(20)21/h6,8,10-11H,3-5,7,15H2,(H2-,16,17,18,20,21)/p+1/t10-,11+/m0/s1. The van der Waals surface area contributed by atoms with Crippen molar-refractivity contribution in [2.45, 2.75) is 25.2 Å². The van der Waals surface area contributed by atoms with Gasteiger partial charge in [-0.15, -0.1) is 9.42 Å². The fourth-order valence-electron chi connectivity index (χ4n) is 2.73. The van der Waals surface area contributed by atoms with Crippen LogP contribution in [0.4, 0.5) is 5.82 Å². The molecular weight excluding hydrogens is 333 g/mol. The summed E-state index contributed by atoms with van der Waals surface area (Å²) in [5.41, 5.74) is 12.7. The van der Waals surface area contributed by atoms with Crippen molar-refractivity contribution < 1.29 is 18.7 Å². The van der Waals surface area contributed by atoms with E-state index in [1.54, 1.807) is 0 Å². The van der Waals surface area contributed by atoms with Crippen LogP contribution in [-0.4, -0.2) is 38.7 Å². The van der Waals surface area contributed by atoms with Crippen molar-refractivity contribution in [3.8, 4) is 11.8 Å². The predicted octanol–water partition coefficient (Wildman–Crippen LogP) is 0.668. The van der Waals surface area contributed by atoms with Gasteiger partial charge in [0.1, 0.15) is 30.6 Å². The number of nitrogens with two attached hydrogens (primary N) is 2. The Kier molecular flexibility index (Phi) is 5.04. The van der Waals surface area contributed by atoms with E-state index in [0.29, 0.717) is 35.3 Å². The summed E-state index contributed by atoms with van der Waals surface area (Å²) in [6.45, 7) is 0.303. The Morgan fingerprint density at radius 3 is 3.08 bits per heavy atom. The molecule has 3 atom stereocenters. The van der Waals surface area contributed by atoms with Gasteiger partial charge in [-0.25, -0.2) is 9.97 Å². The minimum Gasteiger partial charge on any atom is -0.383 e. The average Bonchev–Trinajstić information content (AvgIpc) is 3.16. The molecule has 0 spiro atoms. The van der Waals surface area contributed by atoms with Crippen molar-refractivity contribution in [2.75, 3.05) is 18.9 Å². The Balaban J connectivity index is 1.90. The molecule has 0 bridgehead atoms. The fraction of sp³-hybridized carbons (Fsp3) is 0.429. The average molecular weight is 350 g/mol. The first kappa shape index (κ1) is 16.8. The van der Waals surface area contributed by atoms with Gasteiger partial charge in [0.15, 0.2) is 0 Å². The van der Waals surface area contributed by atoms with Gasteiger partial charge in [-0.3, -0.25) is 0 Å². The second kappa shape index (κ2) is 7.21. The van der Waals surface area contributed by atoms with Gasteiger partial charge in [0.25, 0.3) is 0 Å². The summed E-state index contributed by atoms with van der Waals surface area (Å²) in [6, 6.07) is 0. The van der Waals surface area contributed by atoms with Crippen LogP contribution in [0.3, 0.4) is 0 Å². The van der Waals surface area contributed by atoms with Crippen LogP contribution < -0.4 is 11.5 Å². The number of hydrogen-bond acceptors (Lipinski definition) is 7. The maximum Gasteiger partial charge on any atom is 0.694 e. The molecule has 2 aromatic heterocycles. The first-order valence-electron chi connectivity index (χ1n) is 7.34. The highest BCUT2D eigenvalue weighted by Gasteiger charge is 2.31. The van der Waals surface area contributed by atoms with Crippen LogP contribution >= 0.6 is 8.25 Å². The van der Waals surface area contributed by atoms with E-state index in [2.05, 4.69) is 21.8 Å².